The largest absolute Gasteiger partial charge is 0.494 e. The molecule has 2 N–H and O–H groups in total. The van der Waals surface area contributed by atoms with Crippen LogP contribution in [0.4, 0.5) is 4.39 Å². The van der Waals surface area contributed by atoms with Gasteiger partial charge in [-0.2, -0.15) is 0 Å². The lowest BCUT2D eigenvalue weighted by molar-refractivity contribution is -0.305. The highest BCUT2D eigenvalue weighted by Gasteiger charge is 2.64. The van der Waals surface area contributed by atoms with Crippen molar-refractivity contribution in [2.75, 3.05) is 13.2 Å². The van der Waals surface area contributed by atoms with E-state index in [1.165, 1.54) is 6.92 Å². The van der Waals surface area contributed by atoms with Gasteiger partial charge in [-0.3, -0.25) is 0 Å². The molecule has 2 bridgehead atoms. The topological polar surface area (TPSA) is 68.2 Å². The molecular formula is C24H29FO5. The van der Waals surface area contributed by atoms with Gasteiger partial charge in [-0.15, -0.1) is 0 Å². The summed E-state index contributed by atoms with van der Waals surface area (Å²) in [6.07, 6.45) is -3.09. The Hall–Kier alpha value is -1.99. The molecule has 2 saturated heterocycles. The fourth-order valence-electron chi connectivity index (χ4n) is 4.40. The van der Waals surface area contributed by atoms with E-state index in [-0.39, 0.29) is 13.0 Å². The lowest BCUT2D eigenvalue weighted by Gasteiger charge is -2.44. The molecule has 2 aliphatic heterocycles. The Labute approximate surface area is 176 Å². The molecule has 5 atom stereocenters. The minimum absolute atomic E-state index is 0.00151. The van der Waals surface area contributed by atoms with Crippen LogP contribution in [0.15, 0.2) is 42.5 Å². The van der Waals surface area contributed by atoms with Gasteiger partial charge in [0.15, 0.2) is 0 Å². The molecule has 2 aromatic carbocycles. The molecule has 2 fully saturated rings. The van der Waals surface area contributed by atoms with Crippen LogP contribution in [-0.4, -0.2) is 47.4 Å². The van der Waals surface area contributed by atoms with Gasteiger partial charge in [-0.25, -0.2) is 4.39 Å². The zero-order valence-corrected chi connectivity index (χ0v) is 17.6. The van der Waals surface area contributed by atoms with E-state index in [0.717, 1.165) is 22.4 Å². The maximum atomic E-state index is 14.4. The molecule has 0 amide bonds. The summed E-state index contributed by atoms with van der Waals surface area (Å²) in [5, 5.41) is 21.2. The Balaban J connectivity index is 1.65. The lowest BCUT2D eigenvalue weighted by atomic mass is 9.83. The van der Waals surface area contributed by atoms with Crippen LogP contribution in [0, 0.1) is 6.92 Å². The summed E-state index contributed by atoms with van der Waals surface area (Å²) in [4.78, 5) is 0. The normalized spacial score (nSPS) is 31.5. The summed E-state index contributed by atoms with van der Waals surface area (Å²) in [6, 6.07) is 13.6. The van der Waals surface area contributed by atoms with Gasteiger partial charge in [-0.1, -0.05) is 24.3 Å². The van der Waals surface area contributed by atoms with Crippen LogP contribution in [0.2, 0.25) is 0 Å². The van der Waals surface area contributed by atoms with Crippen molar-refractivity contribution in [3.63, 3.8) is 0 Å². The van der Waals surface area contributed by atoms with E-state index in [4.69, 9.17) is 14.2 Å². The molecule has 1 unspecified atom stereocenters. The highest BCUT2D eigenvalue weighted by Crippen LogP contribution is 2.51. The van der Waals surface area contributed by atoms with E-state index in [1.807, 2.05) is 56.3 Å². The van der Waals surface area contributed by atoms with Gasteiger partial charge in [0, 0.05) is 12.0 Å². The highest BCUT2D eigenvalue weighted by atomic mass is 19.1. The number of aryl methyl sites for hydroxylation is 1. The van der Waals surface area contributed by atoms with Crippen LogP contribution in [0.25, 0.3) is 0 Å². The van der Waals surface area contributed by atoms with Crippen LogP contribution in [-0.2, 0) is 21.7 Å². The molecule has 2 heterocycles. The Bertz CT molecular complexity index is 899. The standard InChI is InChI=1S/C24H29FO5/c1-4-28-20-9-6-17(7-10-20)11-18-12-19(8-5-15(18)2)24-22(27)21(26)13-23(30-24,14-29-24)16(3)25/h5-10,12,16,21-22,26-27H,4,11,13-14H2,1-3H3/t16?,21-,22+,23+,24-/m0/s1. The van der Waals surface area contributed by atoms with Crippen molar-refractivity contribution in [1.29, 1.82) is 0 Å². The average Bonchev–Trinajstić information content (AvgIpc) is 3.08. The maximum absolute atomic E-state index is 14.4. The molecule has 0 aliphatic carbocycles. The quantitative estimate of drug-likeness (QED) is 0.756. The zero-order valence-electron chi connectivity index (χ0n) is 17.6. The fraction of sp³-hybridized carbons (Fsp3) is 0.500. The number of alkyl halides is 1. The molecule has 5 nitrogen and oxygen atoms in total. The van der Waals surface area contributed by atoms with Crippen molar-refractivity contribution >= 4 is 0 Å². The zero-order chi connectivity index (χ0) is 21.5. The summed E-state index contributed by atoms with van der Waals surface area (Å²) in [5.74, 6) is -0.742. The Morgan fingerprint density at radius 1 is 1.20 bits per heavy atom. The summed E-state index contributed by atoms with van der Waals surface area (Å²) in [6.45, 7) is 5.97. The van der Waals surface area contributed by atoms with Gasteiger partial charge < -0.3 is 24.4 Å². The van der Waals surface area contributed by atoms with Crippen molar-refractivity contribution in [1.82, 2.24) is 0 Å². The number of rotatable bonds is 6. The number of hydrogen-bond acceptors (Lipinski definition) is 5. The summed E-state index contributed by atoms with van der Waals surface area (Å²) in [5.41, 5.74) is 2.57. The molecular weight excluding hydrogens is 387 g/mol. The number of halogens is 1. The second-order valence-corrected chi connectivity index (χ2v) is 8.35. The third-order valence-corrected chi connectivity index (χ3v) is 6.30. The van der Waals surface area contributed by atoms with Crippen LogP contribution >= 0.6 is 0 Å². The van der Waals surface area contributed by atoms with E-state index >= 15 is 0 Å². The van der Waals surface area contributed by atoms with Crippen LogP contribution < -0.4 is 4.74 Å². The molecule has 2 aliphatic rings. The van der Waals surface area contributed by atoms with E-state index in [2.05, 4.69) is 0 Å². The van der Waals surface area contributed by atoms with E-state index < -0.39 is 29.8 Å². The molecule has 0 radical (unpaired) electrons. The van der Waals surface area contributed by atoms with Crippen molar-refractivity contribution in [2.24, 2.45) is 0 Å². The average molecular weight is 416 g/mol. The molecule has 2 aromatic rings. The van der Waals surface area contributed by atoms with Crippen molar-refractivity contribution < 1.29 is 28.8 Å². The van der Waals surface area contributed by atoms with Gasteiger partial charge in [0.1, 0.15) is 23.6 Å². The summed E-state index contributed by atoms with van der Waals surface area (Å²) >= 11 is 0. The molecule has 162 valence electrons. The van der Waals surface area contributed by atoms with Gasteiger partial charge in [0.2, 0.25) is 5.79 Å². The fourth-order valence-corrected chi connectivity index (χ4v) is 4.40. The van der Waals surface area contributed by atoms with Crippen LogP contribution in [0.3, 0.4) is 0 Å². The van der Waals surface area contributed by atoms with Gasteiger partial charge in [-0.05, 0) is 62.1 Å². The smallest absolute Gasteiger partial charge is 0.225 e. The first-order valence-electron chi connectivity index (χ1n) is 10.5. The van der Waals surface area contributed by atoms with Gasteiger partial charge in [0.25, 0.3) is 0 Å². The van der Waals surface area contributed by atoms with Crippen molar-refractivity contribution in [3.8, 4) is 5.75 Å². The van der Waals surface area contributed by atoms with Gasteiger partial charge in [0.05, 0.1) is 19.3 Å². The van der Waals surface area contributed by atoms with Crippen molar-refractivity contribution in [2.45, 2.75) is 63.4 Å². The first kappa shape index (κ1) is 21.2. The second-order valence-electron chi connectivity index (χ2n) is 8.35. The first-order valence-corrected chi connectivity index (χ1v) is 10.5. The van der Waals surface area contributed by atoms with Crippen molar-refractivity contribution in [3.05, 3.63) is 64.7 Å². The third kappa shape index (κ3) is 3.52. The van der Waals surface area contributed by atoms with E-state index in [9.17, 15) is 14.6 Å². The Kier molecular flexibility index (Phi) is 5.62. The third-order valence-electron chi connectivity index (χ3n) is 6.30. The number of hydrogen-bond donors (Lipinski definition) is 2. The number of benzene rings is 2. The molecule has 4 rings (SSSR count). The number of aliphatic hydroxyl groups is 2. The highest BCUT2D eigenvalue weighted by molar-refractivity contribution is 5.39. The van der Waals surface area contributed by atoms with E-state index in [1.54, 1.807) is 0 Å². The lowest BCUT2D eigenvalue weighted by Crippen LogP contribution is -2.58. The SMILES string of the molecule is CCOc1ccc(Cc2cc([C@@]34OC[C@@](C(C)F)(C[C@H](O)[C@H]3O)O4)ccc2C)cc1. The minimum Gasteiger partial charge on any atom is -0.494 e. The number of ether oxygens (including phenoxy) is 3. The summed E-state index contributed by atoms with van der Waals surface area (Å²) < 4.78 is 31.8. The first-order chi connectivity index (χ1) is 14.3. The minimum atomic E-state index is -1.57. The van der Waals surface area contributed by atoms with Crippen LogP contribution in [0.5, 0.6) is 5.75 Å². The maximum Gasteiger partial charge on any atom is 0.225 e. The van der Waals surface area contributed by atoms with Gasteiger partial charge >= 0.3 is 0 Å². The second kappa shape index (κ2) is 7.93. The molecule has 30 heavy (non-hydrogen) atoms. The molecule has 6 heteroatoms. The number of fused-ring (bicyclic) bond motifs is 2. The van der Waals surface area contributed by atoms with E-state index in [0.29, 0.717) is 18.6 Å². The Morgan fingerprint density at radius 2 is 1.93 bits per heavy atom. The Morgan fingerprint density at radius 3 is 2.60 bits per heavy atom. The predicted molar refractivity (Wildman–Crippen MR) is 110 cm³/mol. The molecule has 0 saturated carbocycles. The monoisotopic (exact) mass is 416 g/mol. The summed E-state index contributed by atoms with van der Waals surface area (Å²) in [7, 11) is 0. The molecule has 0 spiro atoms. The molecule has 0 aromatic heterocycles. The predicted octanol–water partition coefficient (Wildman–Crippen LogP) is 3.41. The van der Waals surface area contributed by atoms with Crippen LogP contribution in [0.1, 0.15) is 42.5 Å². The number of aliphatic hydroxyl groups excluding tert-OH is 2.